The minimum Gasteiger partial charge on any atom is -0.346 e. The Hall–Kier alpha value is -3.43. The van der Waals surface area contributed by atoms with E-state index >= 15 is 0 Å². The summed E-state index contributed by atoms with van der Waals surface area (Å²) in [5, 5.41) is 10.5. The van der Waals surface area contributed by atoms with Crippen molar-refractivity contribution in [3.8, 4) is 17.3 Å². The third kappa shape index (κ3) is 3.35. The van der Waals surface area contributed by atoms with Gasteiger partial charge in [-0.2, -0.15) is 22.7 Å². The van der Waals surface area contributed by atoms with Gasteiger partial charge >= 0.3 is 6.18 Å². The third-order valence-corrected chi connectivity index (χ3v) is 8.13. The van der Waals surface area contributed by atoms with Gasteiger partial charge in [0, 0.05) is 47.3 Å². The summed E-state index contributed by atoms with van der Waals surface area (Å²) >= 11 is 0. The minimum absolute atomic E-state index is 0.00365. The van der Waals surface area contributed by atoms with Crippen molar-refractivity contribution in [3.05, 3.63) is 48.5 Å². The zero-order valence-electron chi connectivity index (χ0n) is 18.0. The highest BCUT2D eigenvalue weighted by molar-refractivity contribution is 7.89. The molecule has 176 valence electrons. The lowest BCUT2D eigenvalue weighted by Crippen LogP contribution is -2.64. The Morgan fingerprint density at radius 1 is 1.21 bits per heavy atom. The van der Waals surface area contributed by atoms with Crippen LogP contribution in [-0.2, 0) is 21.7 Å². The molecule has 4 heterocycles. The van der Waals surface area contributed by atoms with E-state index in [0.717, 1.165) is 12.1 Å². The number of nitrogens with zero attached hydrogens (tertiary/aromatic N) is 5. The minimum atomic E-state index is -4.55. The van der Waals surface area contributed by atoms with Crippen molar-refractivity contribution in [1.29, 1.82) is 5.26 Å². The van der Waals surface area contributed by atoms with Crippen molar-refractivity contribution >= 4 is 32.0 Å². The molecule has 5 rings (SSSR count). The van der Waals surface area contributed by atoms with Crippen LogP contribution in [0, 0.1) is 11.3 Å². The number of aromatic nitrogens is 4. The van der Waals surface area contributed by atoms with Crippen LogP contribution in [0.2, 0.25) is 0 Å². The summed E-state index contributed by atoms with van der Waals surface area (Å²) in [6.07, 6.45) is 0.118. The molecule has 1 N–H and O–H groups in total. The number of nitriles is 1. The maximum Gasteiger partial charge on any atom is 0.416 e. The van der Waals surface area contributed by atoms with E-state index in [1.54, 1.807) is 30.0 Å². The molecule has 0 aliphatic carbocycles. The van der Waals surface area contributed by atoms with E-state index in [2.05, 4.69) is 21.0 Å². The second kappa shape index (κ2) is 7.54. The number of fused-ring (bicyclic) bond motifs is 2. The van der Waals surface area contributed by atoms with E-state index in [1.807, 2.05) is 0 Å². The summed E-state index contributed by atoms with van der Waals surface area (Å²) in [7, 11) is -3.47. The maximum atomic E-state index is 13.6. The molecule has 0 amide bonds. The predicted molar refractivity (Wildman–Crippen MR) is 119 cm³/mol. The highest BCUT2D eigenvalue weighted by atomic mass is 32.2. The Kier molecular flexibility index (Phi) is 4.96. The van der Waals surface area contributed by atoms with Crippen LogP contribution in [-0.4, -0.2) is 51.1 Å². The number of hydrogen-bond acceptors (Lipinski definition) is 5. The van der Waals surface area contributed by atoms with Gasteiger partial charge in [-0.3, -0.25) is 0 Å². The summed E-state index contributed by atoms with van der Waals surface area (Å²) in [6, 6.07) is 7.29. The van der Waals surface area contributed by atoms with Crippen LogP contribution < -0.4 is 0 Å². The summed E-state index contributed by atoms with van der Waals surface area (Å²) < 4.78 is 68.4. The zero-order valence-corrected chi connectivity index (χ0v) is 18.8. The van der Waals surface area contributed by atoms with Crippen molar-refractivity contribution in [2.45, 2.75) is 25.1 Å². The Morgan fingerprint density at radius 3 is 2.65 bits per heavy atom. The molecule has 12 heteroatoms. The van der Waals surface area contributed by atoms with E-state index in [9.17, 15) is 26.9 Å². The Balaban J connectivity index is 1.75. The lowest BCUT2D eigenvalue weighted by molar-refractivity contribution is -0.137. The van der Waals surface area contributed by atoms with Crippen molar-refractivity contribution in [3.63, 3.8) is 0 Å². The lowest BCUT2D eigenvalue weighted by atomic mass is 9.88. The fraction of sp³-hybridized carbons (Fsp3) is 0.318. The molecular weight excluding hydrogens is 469 g/mol. The number of aromatic amines is 1. The molecule has 1 saturated heterocycles. The molecule has 0 spiro atoms. The Bertz CT molecular complexity index is 1560. The molecule has 4 aromatic rings. The highest BCUT2D eigenvalue weighted by Crippen LogP contribution is 2.43. The van der Waals surface area contributed by atoms with Gasteiger partial charge in [0.2, 0.25) is 10.0 Å². The summed E-state index contributed by atoms with van der Waals surface area (Å²) in [6.45, 7) is 1.66. The molecule has 0 unspecified atom stereocenters. The van der Waals surface area contributed by atoms with Crippen molar-refractivity contribution < 1.29 is 21.6 Å². The SMILES string of the molecule is CCS(=O)(=O)N1CC(CC#N)(n2cc(-c3ncnc4[nH]ccc34)c3cc(C(F)(F)F)ccc32)C1. The lowest BCUT2D eigenvalue weighted by Gasteiger charge is -2.49. The van der Waals surface area contributed by atoms with Crippen molar-refractivity contribution in [1.82, 2.24) is 23.8 Å². The van der Waals surface area contributed by atoms with E-state index < -0.39 is 27.3 Å². The molecule has 0 radical (unpaired) electrons. The molecule has 8 nitrogen and oxygen atoms in total. The molecule has 3 aromatic heterocycles. The smallest absolute Gasteiger partial charge is 0.346 e. The number of nitrogens with one attached hydrogen (secondary N) is 1. The van der Waals surface area contributed by atoms with Crippen molar-refractivity contribution in [2.75, 3.05) is 18.8 Å². The molecule has 1 aliphatic heterocycles. The van der Waals surface area contributed by atoms with E-state index in [1.165, 1.54) is 16.7 Å². The van der Waals surface area contributed by atoms with Gasteiger partial charge in [0.1, 0.15) is 12.0 Å². The number of benzene rings is 1. The van der Waals surface area contributed by atoms with Crippen LogP contribution in [0.3, 0.4) is 0 Å². The number of halogens is 3. The maximum absolute atomic E-state index is 13.6. The molecule has 1 aromatic carbocycles. The van der Waals surface area contributed by atoms with Crippen LogP contribution >= 0.6 is 0 Å². The van der Waals surface area contributed by atoms with Gasteiger partial charge in [0.15, 0.2) is 0 Å². The molecule has 0 atom stereocenters. The first-order valence-electron chi connectivity index (χ1n) is 10.5. The van der Waals surface area contributed by atoms with Gasteiger partial charge < -0.3 is 9.55 Å². The summed E-state index contributed by atoms with van der Waals surface area (Å²) in [4.78, 5) is 11.5. The standard InChI is InChI=1S/C22H19F3N6O2S/c1-2-34(32,33)30-11-21(12-30,6-7-26)31-10-17(19-15-5-8-27-20(15)29-13-28-19)16-9-14(22(23,24)25)3-4-18(16)31/h3-5,8-10,13H,2,6,11-12H2,1H3,(H,27,28,29). The van der Waals surface area contributed by atoms with Crippen LogP contribution in [0.4, 0.5) is 13.2 Å². The molecule has 0 bridgehead atoms. The van der Waals surface area contributed by atoms with Gasteiger partial charge in [-0.15, -0.1) is 0 Å². The quantitative estimate of drug-likeness (QED) is 0.459. The fourth-order valence-corrected chi connectivity index (χ4v) is 5.80. The second-order valence-electron chi connectivity index (χ2n) is 8.33. The van der Waals surface area contributed by atoms with E-state index in [-0.39, 0.29) is 25.3 Å². The van der Waals surface area contributed by atoms with Gasteiger partial charge in [0.05, 0.1) is 35.0 Å². The largest absolute Gasteiger partial charge is 0.416 e. The average molecular weight is 488 g/mol. The number of sulfonamides is 1. The molecule has 34 heavy (non-hydrogen) atoms. The summed E-state index contributed by atoms with van der Waals surface area (Å²) in [5.74, 6) is -0.0747. The van der Waals surface area contributed by atoms with E-state index in [0.29, 0.717) is 33.2 Å². The first-order valence-corrected chi connectivity index (χ1v) is 12.1. The van der Waals surface area contributed by atoms with Crippen LogP contribution in [0.25, 0.3) is 33.2 Å². The van der Waals surface area contributed by atoms with Gasteiger partial charge in [-0.05, 0) is 31.2 Å². The van der Waals surface area contributed by atoms with E-state index in [4.69, 9.17) is 0 Å². The first kappa shape index (κ1) is 22.4. The Morgan fingerprint density at radius 2 is 1.97 bits per heavy atom. The third-order valence-electron chi connectivity index (χ3n) is 6.36. The second-order valence-corrected chi connectivity index (χ2v) is 10.6. The topological polar surface area (TPSA) is 108 Å². The van der Waals surface area contributed by atoms with Crippen LogP contribution in [0.15, 0.2) is 43.0 Å². The number of H-pyrrole nitrogens is 1. The molecule has 1 aliphatic rings. The van der Waals surface area contributed by atoms with Gasteiger partial charge in [-0.25, -0.2) is 18.4 Å². The zero-order chi connectivity index (χ0) is 24.3. The number of alkyl halides is 3. The number of rotatable bonds is 5. The highest BCUT2D eigenvalue weighted by Gasteiger charge is 2.49. The normalized spacial score (nSPS) is 16.6. The van der Waals surface area contributed by atoms with Crippen molar-refractivity contribution in [2.24, 2.45) is 0 Å². The van der Waals surface area contributed by atoms with Crippen LogP contribution in [0.5, 0.6) is 0 Å². The molecule has 1 fully saturated rings. The number of hydrogen-bond donors (Lipinski definition) is 1. The predicted octanol–water partition coefficient (Wildman–Crippen LogP) is 3.87. The summed E-state index contributed by atoms with van der Waals surface area (Å²) in [5.41, 5.74) is 0.178. The molecule has 0 saturated carbocycles. The monoisotopic (exact) mass is 488 g/mol. The average Bonchev–Trinajstić information content (AvgIpc) is 3.40. The first-order chi connectivity index (χ1) is 16.1. The molecular formula is C22H19F3N6O2S. The fourth-order valence-electron chi connectivity index (χ4n) is 4.56. The Labute approximate surface area is 192 Å². The van der Waals surface area contributed by atoms with Gasteiger partial charge in [0.25, 0.3) is 0 Å². The van der Waals surface area contributed by atoms with Crippen LogP contribution in [0.1, 0.15) is 18.9 Å². The van der Waals surface area contributed by atoms with Gasteiger partial charge in [-0.1, -0.05) is 0 Å².